The zero-order valence-corrected chi connectivity index (χ0v) is 7.70. The first kappa shape index (κ1) is 8.10. The van der Waals surface area contributed by atoms with Crippen molar-refractivity contribution in [1.29, 1.82) is 0 Å². The number of rotatable bonds is 0. The summed E-state index contributed by atoms with van der Waals surface area (Å²) in [6.07, 6.45) is 17.0. The highest BCUT2D eigenvalue weighted by atomic mass is 14.1. The Balaban J connectivity index is 2.46. The Kier molecular flexibility index (Phi) is 2.16. The van der Waals surface area contributed by atoms with Gasteiger partial charge in [-0.25, -0.2) is 0 Å². The number of hydrogen-bond acceptors (Lipinski definition) is 0. The largest absolute Gasteiger partial charge is 0.120 e. The van der Waals surface area contributed by atoms with Gasteiger partial charge in [-0.15, -0.1) is 5.73 Å². The lowest BCUT2D eigenvalue weighted by Gasteiger charge is -2.01. The van der Waals surface area contributed by atoms with Crippen LogP contribution in [0.25, 0.3) is 0 Å². The first-order valence-electron chi connectivity index (χ1n) is 4.52. The fourth-order valence-electron chi connectivity index (χ4n) is 1.50. The summed E-state index contributed by atoms with van der Waals surface area (Å²) < 4.78 is 0. The molecule has 0 aliphatic heterocycles. The van der Waals surface area contributed by atoms with Gasteiger partial charge < -0.3 is 0 Å². The minimum atomic E-state index is 0.430. The van der Waals surface area contributed by atoms with E-state index in [-0.39, 0.29) is 0 Å². The Morgan fingerprint density at radius 3 is 3.08 bits per heavy atom. The topological polar surface area (TPSA) is 0 Å². The molecule has 2 aliphatic rings. The molecule has 2 bridgehead atoms. The predicted octanol–water partition coefficient (Wildman–Crippen LogP) is 3.33. The second-order valence-corrected chi connectivity index (χ2v) is 3.35. The Bertz CT molecular complexity index is 380. The molecule has 0 aromatic carbocycles. The van der Waals surface area contributed by atoms with Crippen molar-refractivity contribution in [2.24, 2.45) is 5.92 Å². The van der Waals surface area contributed by atoms with Crippen molar-refractivity contribution in [3.05, 3.63) is 65.5 Å². The molecule has 0 saturated heterocycles. The summed E-state index contributed by atoms with van der Waals surface area (Å²) in [6.45, 7) is 2.13. The summed E-state index contributed by atoms with van der Waals surface area (Å²) in [4.78, 5) is 0. The lowest BCUT2D eigenvalue weighted by molar-refractivity contribution is 1.05. The van der Waals surface area contributed by atoms with Gasteiger partial charge in [0, 0.05) is 5.92 Å². The fourth-order valence-corrected chi connectivity index (χ4v) is 1.50. The smallest absolute Gasteiger partial charge is 0.0145 e. The van der Waals surface area contributed by atoms with Crippen LogP contribution in [0.2, 0.25) is 0 Å². The van der Waals surface area contributed by atoms with Crippen molar-refractivity contribution < 1.29 is 0 Å². The average Bonchev–Trinajstić information content (AvgIpc) is 2.24. The molecule has 2 rings (SSSR count). The van der Waals surface area contributed by atoms with E-state index >= 15 is 0 Å². The van der Waals surface area contributed by atoms with Gasteiger partial charge in [-0.3, -0.25) is 0 Å². The van der Waals surface area contributed by atoms with E-state index in [1.807, 2.05) is 18.2 Å². The number of allylic oxidation sites excluding steroid dienone is 9. The third-order valence-corrected chi connectivity index (χ3v) is 2.15. The highest BCUT2D eigenvalue weighted by molar-refractivity contribution is 5.41. The number of fused-ring (bicyclic) bond motifs is 1. The van der Waals surface area contributed by atoms with Crippen molar-refractivity contribution in [1.82, 2.24) is 0 Å². The van der Waals surface area contributed by atoms with Crippen LogP contribution in [0.15, 0.2) is 65.5 Å². The van der Waals surface area contributed by atoms with E-state index < -0.39 is 0 Å². The third kappa shape index (κ3) is 1.99. The molecule has 0 amide bonds. The van der Waals surface area contributed by atoms with E-state index in [2.05, 4.69) is 43.0 Å². The third-order valence-electron chi connectivity index (χ3n) is 2.15. The van der Waals surface area contributed by atoms with E-state index in [0.717, 1.165) is 0 Å². The Labute approximate surface area is 79.0 Å². The summed E-state index contributed by atoms with van der Waals surface area (Å²) in [7, 11) is 0. The van der Waals surface area contributed by atoms with Crippen LogP contribution in [0.1, 0.15) is 6.92 Å². The van der Waals surface area contributed by atoms with E-state index in [1.54, 1.807) is 0 Å². The van der Waals surface area contributed by atoms with Gasteiger partial charge in [0.05, 0.1) is 0 Å². The van der Waals surface area contributed by atoms with E-state index in [1.165, 1.54) is 11.1 Å². The molecule has 2 aliphatic carbocycles. The van der Waals surface area contributed by atoms with Crippen LogP contribution in [0.3, 0.4) is 0 Å². The highest BCUT2D eigenvalue weighted by Gasteiger charge is 2.02. The van der Waals surface area contributed by atoms with Crippen LogP contribution in [0, 0.1) is 5.92 Å². The average molecular weight is 168 g/mol. The van der Waals surface area contributed by atoms with Gasteiger partial charge in [-0.1, -0.05) is 42.0 Å². The molecule has 1 unspecified atom stereocenters. The van der Waals surface area contributed by atoms with Gasteiger partial charge in [0.1, 0.15) is 0 Å². The van der Waals surface area contributed by atoms with Crippen LogP contribution < -0.4 is 0 Å². The first-order chi connectivity index (χ1) is 6.34. The molecule has 0 heterocycles. The molecule has 64 valence electrons. The van der Waals surface area contributed by atoms with Gasteiger partial charge in [-0.05, 0) is 24.6 Å². The zero-order valence-electron chi connectivity index (χ0n) is 7.70. The maximum Gasteiger partial charge on any atom is 0.0145 e. The normalized spacial score (nSPS) is 27.0. The van der Waals surface area contributed by atoms with Crippen molar-refractivity contribution >= 4 is 0 Å². The lowest BCUT2D eigenvalue weighted by atomic mass is 10.0. The standard InChI is InChI=1S/C13H12/c1-11-7-8-12-5-3-2-4-6-13(9-11)10-12/h2,4-10,13H,1H3/b6-4-. The van der Waals surface area contributed by atoms with Crippen molar-refractivity contribution in [3.8, 4) is 0 Å². The summed E-state index contributed by atoms with van der Waals surface area (Å²) in [5, 5.41) is 0. The second-order valence-electron chi connectivity index (χ2n) is 3.35. The van der Waals surface area contributed by atoms with Crippen LogP contribution in [-0.2, 0) is 0 Å². The summed E-state index contributed by atoms with van der Waals surface area (Å²) in [5.41, 5.74) is 5.66. The molecule has 0 fully saturated rings. The van der Waals surface area contributed by atoms with E-state index in [0.29, 0.717) is 5.92 Å². The van der Waals surface area contributed by atoms with Gasteiger partial charge >= 0.3 is 0 Å². The lowest BCUT2D eigenvalue weighted by Crippen LogP contribution is -1.87. The van der Waals surface area contributed by atoms with Crippen molar-refractivity contribution in [3.63, 3.8) is 0 Å². The van der Waals surface area contributed by atoms with E-state index in [9.17, 15) is 0 Å². The monoisotopic (exact) mass is 168 g/mol. The minimum Gasteiger partial charge on any atom is -0.120 e. The quantitative estimate of drug-likeness (QED) is 0.487. The molecule has 13 heavy (non-hydrogen) atoms. The Morgan fingerprint density at radius 1 is 1.23 bits per heavy atom. The summed E-state index contributed by atoms with van der Waals surface area (Å²) in [5.74, 6) is 0.430. The maximum atomic E-state index is 3.11. The first-order valence-corrected chi connectivity index (χ1v) is 4.52. The van der Waals surface area contributed by atoms with Gasteiger partial charge in [0.15, 0.2) is 0 Å². The Morgan fingerprint density at radius 2 is 2.15 bits per heavy atom. The van der Waals surface area contributed by atoms with Crippen molar-refractivity contribution in [2.45, 2.75) is 6.92 Å². The number of hydrogen-bond donors (Lipinski definition) is 0. The minimum absolute atomic E-state index is 0.430. The van der Waals surface area contributed by atoms with Gasteiger partial charge in [0.2, 0.25) is 0 Å². The Hall–Kier alpha value is -1.52. The molecule has 0 aromatic heterocycles. The molecular weight excluding hydrogens is 156 g/mol. The predicted molar refractivity (Wildman–Crippen MR) is 56.3 cm³/mol. The molecule has 0 radical (unpaired) electrons. The summed E-state index contributed by atoms with van der Waals surface area (Å²) >= 11 is 0. The molecule has 0 saturated carbocycles. The van der Waals surface area contributed by atoms with Gasteiger partial charge in [0.25, 0.3) is 0 Å². The fraction of sp³-hybridized carbons (Fsp3) is 0.154. The molecule has 1 atom stereocenters. The molecular formula is C13H12. The maximum absolute atomic E-state index is 3.11. The van der Waals surface area contributed by atoms with Gasteiger partial charge in [-0.2, -0.15) is 0 Å². The zero-order chi connectivity index (χ0) is 9.10. The van der Waals surface area contributed by atoms with Crippen molar-refractivity contribution in [2.75, 3.05) is 0 Å². The molecule has 0 N–H and O–H groups in total. The molecule has 0 heteroatoms. The summed E-state index contributed by atoms with van der Waals surface area (Å²) in [6, 6.07) is 0. The highest BCUT2D eigenvalue weighted by Crippen LogP contribution is 2.18. The van der Waals surface area contributed by atoms with Crippen LogP contribution in [-0.4, -0.2) is 0 Å². The van der Waals surface area contributed by atoms with E-state index in [4.69, 9.17) is 0 Å². The SMILES string of the molecule is CC1=CC2C=C(C=C=C/C=C\2)C=C1. The molecule has 0 aromatic rings. The second kappa shape index (κ2) is 3.47. The van der Waals surface area contributed by atoms with Crippen LogP contribution in [0.4, 0.5) is 0 Å². The van der Waals surface area contributed by atoms with Crippen LogP contribution in [0.5, 0.6) is 0 Å². The molecule has 0 spiro atoms. The molecule has 0 nitrogen and oxygen atoms in total. The van der Waals surface area contributed by atoms with Crippen LogP contribution >= 0.6 is 0 Å².